The summed E-state index contributed by atoms with van der Waals surface area (Å²) in [5, 5.41) is 20.2. The van der Waals surface area contributed by atoms with E-state index in [2.05, 4.69) is 9.97 Å². The molecule has 1 atom stereocenters. The highest BCUT2D eigenvalue weighted by atomic mass is 16.3. The van der Waals surface area contributed by atoms with Crippen LogP contribution in [0.3, 0.4) is 0 Å². The van der Waals surface area contributed by atoms with Crippen LogP contribution >= 0.6 is 0 Å². The van der Waals surface area contributed by atoms with Gasteiger partial charge >= 0.3 is 0 Å². The maximum absolute atomic E-state index is 10.8. The average Bonchev–Trinajstić information content (AvgIpc) is 2.62. The molecule has 0 saturated carbocycles. The predicted molar refractivity (Wildman–Crippen MR) is 94.0 cm³/mol. The minimum atomic E-state index is -0.867. The van der Waals surface area contributed by atoms with Crippen molar-refractivity contribution in [3.8, 4) is 17.0 Å². The molecule has 3 aromatic rings. The molecule has 5 heteroatoms. The van der Waals surface area contributed by atoms with Crippen molar-refractivity contribution in [2.24, 2.45) is 0 Å². The molecule has 1 aromatic heterocycles. The Bertz CT molecular complexity index is 818. The van der Waals surface area contributed by atoms with Crippen LogP contribution in [0.2, 0.25) is 0 Å². The van der Waals surface area contributed by atoms with Crippen LogP contribution in [-0.4, -0.2) is 34.3 Å². The number of aliphatic hydroxyl groups is 1. The summed E-state index contributed by atoms with van der Waals surface area (Å²) in [7, 11) is 3.73. The summed E-state index contributed by atoms with van der Waals surface area (Å²) in [4.78, 5) is 10.9. The van der Waals surface area contributed by atoms with Gasteiger partial charge in [-0.2, -0.15) is 0 Å². The van der Waals surface area contributed by atoms with Gasteiger partial charge in [-0.1, -0.05) is 30.3 Å². The number of aromatic nitrogens is 2. The van der Waals surface area contributed by atoms with Crippen LogP contribution in [0.5, 0.6) is 5.75 Å². The molecule has 0 fully saturated rings. The van der Waals surface area contributed by atoms with E-state index in [-0.39, 0.29) is 5.75 Å². The molecule has 0 radical (unpaired) electrons. The normalized spacial score (nSPS) is 12.0. The lowest BCUT2D eigenvalue weighted by Crippen LogP contribution is -2.17. The largest absolute Gasteiger partial charge is 0.508 e. The van der Waals surface area contributed by atoms with Gasteiger partial charge in [0.15, 0.2) is 5.82 Å². The Kier molecular flexibility index (Phi) is 4.44. The maximum atomic E-state index is 10.8. The zero-order valence-corrected chi connectivity index (χ0v) is 13.6. The monoisotopic (exact) mass is 321 g/mol. The lowest BCUT2D eigenvalue weighted by atomic mass is 10.1. The standard InChI is InChI=1S/C19H19N3O2/c1-22(2)19-17(18(24)14-6-4-3-5-7-14)21-16(12-20-19)13-8-10-15(23)11-9-13/h3-12,18,23-24H,1-2H3. The van der Waals surface area contributed by atoms with Gasteiger partial charge < -0.3 is 15.1 Å². The van der Waals surface area contributed by atoms with Crippen molar-refractivity contribution in [3.63, 3.8) is 0 Å². The van der Waals surface area contributed by atoms with Crippen LogP contribution in [0, 0.1) is 0 Å². The van der Waals surface area contributed by atoms with Crippen molar-refractivity contribution in [2.75, 3.05) is 19.0 Å². The average molecular weight is 321 g/mol. The van der Waals surface area contributed by atoms with Gasteiger partial charge in [-0.25, -0.2) is 9.97 Å². The highest BCUT2D eigenvalue weighted by Gasteiger charge is 2.20. The molecule has 0 amide bonds. The number of anilines is 1. The minimum absolute atomic E-state index is 0.196. The fourth-order valence-corrected chi connectivity index (χ4v) is 2.49. The molecule has 3 rings (SSSR count). The van der Waals surface area contributed by atoms with Gasteiger partial charge in [0.2, 0.25) is 0 Å². The number of hydrogen-bond acceptors (Lipinski definition) is 5. The van der Waals surface area contributed by atoms with Crippen molar-refractivity contribution in [2.45, 2.75) is 6.10 Å². The van der Waals surface area contributed by atoms with Gasteiger partial charge in [0.1, 0.15) is 17.5 Å². The van der Waals surface area contributed by atoms with E-state index in [0.717, 1.165) is 11.1 Å². The summed E-state index contributed by atoms with van der Waals surface area (Å²) in [6.07, 6.45) is 0.802. The van der Waals surface area contributed by atoms with Crippen LogP contribution < -0.4 is 4.90 Å². The summed E-state index contributed by atoms with van der Waals surface area (Å²) in [6.45, 7) is 0. The molecular weight excluding hydrogens is 302 g/mol. The molecule has 2 aromatic carbocycles. The van der Waals surface area contributed by atoms with E-state index in [1.54, 1.807) is 30.5 Å². The Labute approximate surface area is 140 Å². The molecule has 24 heavy (non-hydrogen) atoms. The van der Waals surface area contributed by atoms with Gasteiger partial charge in [0.25, 0.3) is 0 Å². The van der Waals surface area contributed by atoms with Crippen molar-refractivity contribution < 1.29 is 10.2 Å². The first-order valence-corrected chi connectivity index (χ1v) is 7.63. The Morgan fingerprint density at radius 3 is 2.25 bits per heavy atom. The molecule has 122 valence electrons. The zero-order chi connectivity index (χ0) is 17.1. The van der Waals surface area contributed by atoms with Crippen LogP contribution in [0.4, 0.5) is 5.82 Å². The first kappa shape index (κ1) is 16.0. The Morgan fingerprint density at radius 2 is 1.62 bits per heavy atom. The lowest BCUT2D eigenvalue weighted by Gasteiger charge is -2.20. The topological polar surface area (TPSA) is 69.5 Å². The first-order valence-electron chi connectivity index (χ1n) is 7.63. The van der Waals surface area contributed by atoms with Crippen molar-refractivity contribution in [1.29, 1.82) is 0 Å². The van der Waals surface area contributed by atoms with Gasteiger partial charge in [0.05, 0.1) is 11.9 Å². The van der Waals surface area contributed by atoms with Gasteiger partial charge in [-0.05, 0) is 29.8 Å². The Hall–Kier alpha value is -2.92. The van der Waals surface area contributed by atoms with Crippen molar-refractivity contribution in [1.82, 2.24) is 9.97 Å². The van der Waals surface area contributed by atoms with Crippen molar-refractivity contribution >= 4 is 5.82 Å². The van der Waals surface area contributed by atoms with E-state index in [4.69, 9.17) is 0 Å². The molecule has 0 aliphatic carbocycles. The SMILES string of the molecule is CN(C)c1ncc(-c2ccc(O)cc2)nc1C(O)c1ccccc1. The van der Waals surface area contributed by atoms with Crippen LogP contribution in [-0.2, 0) is 0 Å². The second-order valence-corrected chi connectivity index (χ2v) is 5.72. The third-order valence-electron chi connectivity index (χ3n) is 3.74. The fraction of sp³-hybridized carbons (Fsp3) is 0.158. The Morgan fingerprint density at radius 1 is 0.958 bits per heavy atom. The second kappa shape index (κ2) is 6.68. The lowest BCUT2D eigenvalue weighted by molar-refractivity contribution is 0.215. The zero-order valence-electron chi connectivity index (χ0n) is 13.6. The summed E-state index contributed by atoms with van der Waals surface area (Å²) >= 11 is 0. The van der Waals surface area contributed by atoms with Crippen LogP contribution in [0.1, 0.15) is 17.4 Å². The van der Waals surface area contributed by atoms with Crippen molar-refractivity contribution in [3.05, 3.63) is 72.1 Å². The summed E-state index contributed by atoms with van der Waals surface area (Å²) in [5.74, 6) is 0.815. The molecule has 2 N–H and O–H groups in total. The third-order valence-corrected chi connectivity index (χ3v) is 3.74. The quantitative estimate of drug-likeness (QED) is 0.773. The molecule has 0 bridgehead atoms. The number of rotatable bonds is 4. The van der Waals surface area contributed by atoms with Gasteiger partial charge in [-0.15, -0.1) is 0 Å². The van der Waals surface area contributed by atoms with Crippen LogP contribution in [0.15, 0.2) is 60.8 Å². The highest BCUT2D eigenvalue weighted by Crippen LogP contribution is 2.29. The van der Waals surface area contributed by atoms with E-state index in [1.807, 2.05) is 49.3 Å². The predicted octanol–water partition coefficient (Wildman–Crippen LogP) is 3.00. The first-order chi connectivity index (χ1) is 11.6. The third kappa shape index (κ3) is 3.21. The van der Waals surface area contributed by atoms with E-state index < -0.39 is 6.10 Å². The molecule has 0 spiro atoms. The number of aliphatic hydroxyl groups excluding tert-OH is 1. The van der Waals surface area contributed by atoms with Gasteiger partial charge in [-0.3, -0.25) is 0 Å². The number of phenolic OH excluding ortho intramolecular Hbond substituents is 1. The number of nitrogens with zero attached hydrogens (tertiary/aromatic N) is 3. The van der Waals surface area contributed by atoms with E-state index in [9.17, 15) is 10.2 Å². The fourth-order valence-electron chi connectivity index (χ4n) is 2.49. The van der Waals surface area contributed by atoms with E-state index in [1.165, 1.54) is 0 Å². The second-order valence-electron chi connectivity index (χ2n) is 5.72. The molecule has 5 nitrogen and oxygen atoms in total. The summed E-state index contributed by atoms with van der Waals surface area (Å²) in [5.41, 5.74) is 2.73. The van der Waals surface area contributed by atoms with Gasteiger partial charge in [0, 0.05) is 19.7 Å². The smallest absolute Gasteiger partial charge is 0.152 e. The van der Waals surface area contributed by atoms with E-state index >= 15 is 0 Å². The molecule has 0 saturated heterocycles. The maximum Gasteiger partial charge on any atom is 0.152 e. The number of benzene rings is 2. The summed E-state index contributed by atoms with van der Waals surface area (Å²) in [6, 6.07) is 16.1. The van der Waals surface area contributed by atoms with E-state index in [0.29, 0.717) is 17.2 Å². The Balaban J connectivity index is 2.08. The minimum Gasteiger partial charge on any atom is -0.508 e. The number of hydrogen-bond donors (Lipinski definition) is 2. The molecule has 1 unspecified atom stereocenters. The highest BCUT2D eigenvalue weighted by molar-refractivity contribution is 5.61. The summed E-state index contributed by atoms with van der Waals surface area (Å²) < 4.78 is 0. The molecule has 0 aliphatic rings. The molecular formula is C19H19N3O2. The molecule has 0 aliphatic heterocycles. The van der Waals surface area contributed by atoms with Crippen LogP contribution in [0.25, 0.3) is 11.3 Å². The molecule has 1 heterocycles. The number of aromatic hydroxyl groups is 1. The number of phenols is 1.